The molecule has 2 atom stereocenters. The van der Waals surface area contributed by atoms with Crippen LogP contribution in [-0.2, 0) is 11.3 Å². The van der Waals surface area contributed by atoms with E-state index in [-0.39, 0.29) is 23.6 Å². The fourth-order valence-corrected chi connectivity index (χ4v) is 3.08. The van der Waals surface area contributed by atoms with Crippen molar-refractivity contribution in [1.82, 2.24) is 4.98 Å². The zero-order valence-electron chi connectivity index (χ0n) is 14.7. The molecule has 0 amide bonds. The molecule has 2 heterocycles. The van der Waals surface area contributed by atoms with Gasteiger partial charge in [0.05, 0.1) is 17.1 Å². The Morgan fingerprint density at radius 3 is 2.65 bits per heavy atom. The molecule has 8 heteroatoms. The van der Waals surface area contributed by atoms with Gasteiger partial charge in [-0.05, 0) is 31.5 Å². The average Bonchev–Trinajstić information content (AvgIpc) is 2.59. The number of nitrogens with one attached hydrogen (secondary N) is 1. The fourth-order valence-electron chi connectivity index (χ4n) is 3.08. The Labute approximate surface area is 150 Å². The standard InChI is InChI=1S/C18H21FN4O3/c1-12-10-22(11-13(2)26-12)18-6-3-14(9-21-18)8-20-16-7-15(19)4-5-17(16)23(24)25/h3-7,9,12-13,20H,8,10-11H2,1-2H3. The first kappa shape index (κ1) is 18.1. The molecule has 1 fully saturated rings. The van der Waals surface area contributed by atoms with Crippen LogP contribution in [0, 0.1) is 15.9 Å². The number of nitrogens with zero attached hydrogens (tertiary/aromatic N) is 3. The average molecular weight is 360 g/mol. The van der Waals surface area contributed by atoms with Gasteiger partial charge < -0.3 is 15.0 Å². The van der Waals surface area contributed by atoms with Gasteiger partial charge in [0, 0.05) is 38.0 Å². The summed E-state index contributed by atoms with van der Waals surface area (Å²) in [7, 11) is 0. The number of rotatable bonds is 5. The second-order valence-electron chi connectivity index (χ2n) is 6.46. The summed E-state index contributed by atoms with van der Waals surface area (Å²) < 4.78 is 19.1. The molecule has 1 aliphatic rings. The lowest BCUT2D eigenvalue weighted by Crippen LogP contribution is -2.45. The molecule has 2 unspecified atom stereocenters. The van der Waals surface area contributed by atoms with E-state index in [9.17, 15) is 14.5 Å². The van der Waals surface area contributed by atoms with Crippen LogP contribution in [0.1, 0.15) is 19.4 Å². The zero-order valence-corrected chi connectivity index (χ0v) is 14.7. The molecule has 2 aromatic rings. The van der Waals surface area contributed by atoms with Crippen molar-refractivity contribution in [3.05, 3.63) is 58.0 Å². The van der Waals surface area contributed by atoms with E-state index in [1.54, 1.807) is 6.20 Å². The van der Waals surface area contributed by atoms with Gasteiger partial charge in [-0.3, -0.25) is 10.1 Å². The Kier molecular flexibility index (Phi) is 5.32. The molecule has 138 valence electrons. The van der Waals surface area contributed by atoms with E-state index < -0.39 is 10.7 Å². The van der Waals surface area contributed by atoms with Crippen molar-refractivity contribution >= 4 is 17.2 Å². The van der Waals surface area contributed by atoms with Crippen LogP contribution >= 0.6 is 0 Å². The van der Waals surface area contributed by atoms with E-state index in [0.29, 0.717) is 6.54 Å². The van der Waals surface area contributed by atoms with Crippen LogP contribution in [0.5, 0.6) is 0 Å². The largest absolute Gasteiger partial charge is 0.375 e. The van der Waals surface area contributed by atoms with E-state index in [1.807, 2.05) is 26.0 Å². The normalized spacial score (nSPS) is 20.0. The Morgan fingerprint density at radius 2 is 2.04 bits per heavy atom. The van der Waals surface area contributed by atoms with Crippen LogP contribution in [0.3, 0.4) is 0 Å². The van der Waals surface area contributed by atoms with Gasteiger partial charge in [-0.25, -0.2) is 9.37 Å². The maximum atomic E-state index is 13.4. The topological polar surface area (TPSA) is 80.5 Å². The number of halogens is 1. The van der Waals surface area contributed by atoms with Gasteiger partial charge in [0.1, 0.15) is 17.3 Å². The van der Waals surface area contributed by atoms with Gasteiger partial charge in [-0.2, -0.15) is 0 Å². The number of nitro groups is 1. The highest BCUT2D eigenvalue weighted by atomic mass is 19.1. The molecule has 0 bridgehead atoms. The maximum absolute atomic E-state index is 13.4. The van der Waals surface area contributed by atoms with Crippen molar-refractivity contribution < 1.29 is 14.1 Å². The summed E-state index contributed by atoms with van der Waals surface area (Å²) in [5, 5.41) is 13.9. The van der Waals surface area contributed by atoms with Crippen molar-refractivity contribution in [3.8, 4) is 0 Å². The third-order valence-electron chi connectivity index (χ3n) is 4.19. The third kappa shape index (κ3) is 4.26. The number of ether oxygens (including phenoxy) is 1. The molecule has 1 aromatic heterocycles. The predicted octanol–water partition coefficient (Wildman–Crippen LogP) is 3.35. The van der Waals surface area contributed by atoms with E-state index in [0.717, 1.165) is 42.7 Å². The van der Waals surface area contributed by atoms with E-state index in [1.165, 1.54) is 0 Å². The highest BCUT2D eigenvalue weighted by Gasteiger charge is 2.23. The first-order valence-electron chi connectivity index (χ1n) is 8.45. The summed E-state index contributed by atoms with van der Waals surface area (Å²) in [6, 6.07) is 7.17. The van der Waals surface area contributed by atoms with E-state index in [2.05, 4.69) is 15.2 Å². The molecule has 1 saturated heterocycles. The second kappa shape index (κ2) is 7.65. The summed E-state index contributed by atoms with van der Waals surface area (Å²) in [5.41, 5.74) is 0.837. The van der Waals surface area contributed by atoms with Gasteiger partial charge in [-0.1, -0.05) is 6.07 Å². The minimum absolute atomic E-state index is 0.148. The van der Waals surface area contributed by atoms with Gasteiger partial charge in [-0.15, -0.1) is 0 Å². The van der Waals surface area contributed by atoms with Crippen LogP contribution in [-0.4, -0.2) is 35.2 Å². The molecule has 0 saturated carbocycles. The number of anilines is 2. The molecule has 0 aliphatic carbocycles. The molecule has 26 heavy (non-hydrogen) atoms. The number of nitro benzene ring substituents is 1. The van der Waals surface area contributed by atoms with E-state index >= 15 is 0 Å². The van der Waals surface area contributed by atoms with Crippen LogP contribution in [0.15, 0.2) is 36.5 Å². The number of hydrogen-bond acceptors (Lipinski definition) is 6. The molecule has 1 N–H and O–H groups in total. The zero-order chi connectivity index (χ0) is 18.7. The SMILES string of the molecule is CC1CN(c2ccc(CNc3cc(F)ccc3[N+](=O)[O-])cn2)CC(C)O1. The summed E-state index contributed by atoms with van der Waals surface area (Å²) in [4.78, 5) is 17.1. The Morgan fingerprint density at radius 1 is 1.31 bits per heavy atom. The van der Waals surface area contributed by atoms with Crippen LogP contribution in [0.4, 0.5) is 21.6 Å². The Hall–Kier alpha value is -2.74. The van der Waals surface area contributed by atoms with Crippen LogP contribution < -0.4 is 10.2 Å². The number of pyridine rings is 1. The molecular weight excluding hydrogens is 339 g/mol. The van der Waals surface area contributed by atoms with Crippen molar-refractivity contribution in [3.63, 3.8) is 0 Å². The Bertz CT molecular complexity index is 775. The van der Waals surface area contributed by atoms with Crippen molar-refractivity contribution in [1.29, 1.82) is 0 Å². The first-order chi connectivity index (χ1) is 12.4. The predicted molar refractivity (Wildman–Crippen MR) is 96.8 cm³/mol. The number of morpholine rings is 1. The number of aromatic nitrogens is 1. The summed E-state index contributed by atoms with van der Waals surface area (Å²) >= 11 is 0. The summed E-state index contributed by atoms with van der Waals surface area (Å²) in [6.45, 7) is 5.95. The van der Waals surface area contributed by atoms with Gasteiger partial charge >= 0.3 is 0 Å². The molecule has 1 aliphatic heterocycles. The quantitative estimate of drug-likeness (QED) is 0.650. The van der Waals surface area contributed by atoms with E-state index in [4.69, 9.17) is 4.74 Å². The van der Waals surface area contributed by atoms with Crippen molar-refractivity contribution in [2.45, 2.75) is 32.6 Å². The molecule has 7 nitrogen and oxygen atoms in total. The van der Waals surface area contributed by atoms with Gasteiger partial charge in [0.15, 0.2) is 0 Å². The summed E-state index contributed by atoms with van der Waals surface area (Å²) in [6.07, 6.45) is 2.02. The molecule has 0 radical (unpaired) electrons. The molecule has 1 aromatic carbocycles. The monoisotopic (exact) mass is 360 g/mol. The summed E-state index contributed by atoms with van der Waals surface area (Å²) in [5.74, 6) is 0.342. The lowest BCUT2D eigenvalue weighted by molar-refractivity contribution is -0.384. The lowest BCUT2D eigenvalue weighted by Gasteiger charge is -2.36. The Balaban J connectivity index is 1.67. The molecule has 0 spiro atoms. The lowest BCUT2D eigenvalue weighted by atomic mass is 10.2. The van der Waals surface area contributed by atoms with Crippen molar-refractivity contribution in [2.24, 2.45) is 0 Å². The third-order valence-corrected chi connectivity index (χ3v) is 4.19. The number of benzene rings is 1. The van der Waals surface area contributed by atoms with Crippen LogP contribution in [0.2, 0.25) is 0 Å². The van der Waals surface area contributed by atoms with Crippen molar-refractivity contribution in [2.75, 3.05) is 23.3 Å². The highest BCUT2D eigenvalue weighted by Crippen LogP contribution is 2.25. The smallest absolute Gasteiger partial charge is 0.292 e. The van der Waals surface area contributed by atoms with Gasteiger partial charge in [0.25, 0.3) is 5.69 Å². The second-order valence-corrected chi connectivity index (χ2v) is 6.46. The fraction of sp³-hybridized carbons (Fsp3) is 0.389. The maximum Gasteiger partial charge on any atom is 0.292 e. The molecular formula is C18H21FN4O3. The minimum Gasteiger partial charge on any atom is -0.375 e. The molecule has 3 rings (SSSR count). The minimum atomic E-state index is -0.538. The van der Waals surface area contributed by atoms with Crippen LogP contribution in [0.25, 0.3) is 0 Å². The van der Waals surface area contributed by atoms with Gasteiger partial charge in [0.2, 0.25) is 0 Å². The first-order valence-corrected chi connectivity index (χ1v) is 8.45. The highest BCUT2D eigenvalue weighted by molar-refractivity contribution is 5.61. The number of hydrogen-bond donors (Lipinski definition) is 1.